The summed E-state index contributed by atoms with van der Waals surface area (Å²) in [5.74, 6) is 0.410. The molecule has 3 unspecified atom stereocenters. The molecule has 1 aromatic carbocycles. The van der Waals surface area contributed by atoms with Gasteiger partial charge in [-0.3, -0.25) is 4.90 Å². The molecule has 1 fully saturated rings. The average molecular weight is 359 g/mol. The SMILES string of the molecule is CC(C)(C)[Si](C)(C)OCCN1C(O)CC2Cc3c(C#N)cccc3C21. The number of fused-ring (bicyclic) bond motifs is 3. The van der Waals surface area contributed by atoms with E-state index in [1.54, 1.807) is 0 Å². The molecule has 4 nitrogen and oxygen atoms in total. The summed E-state index contributed by atoms with van der Waals surface area (Å²) in [6.45, 7) is 12.7. The smallest absolute Gasteiger partial charge is 0.192 e. The van der Waals surface area contributed by atoms with Crippen LogP contribution in [0.2, 0.25) is 18.1 Å². The minimum atomic E-state index is -1.77. The fourth-order valence-corrected chi connectivity index (χ4v) is 5.04. The topological polar surface area (TPSA) is 56.5 Å². The van der Waals surface area contributed by atoms with E-state index in [1.807, 2.05) is 12.1 Å². The number of hydrogen-bond donors (Lipinski definition) is 1. The van der Waals surface area contributed by atoms with Crippen molar-refractivity contribution >= 4 is 8.32 Å². The first-order valence-corrected chi connectivity index (χ1v) is 12.2. The number of benzene rings is 1. The van der Waals surface area contributed by atoms with Gasteiger partial charge in [-0.2, -0.15) is 5.26 Å². The number of rotatable bonds is 4. The van der Waals surface area contributed by atoms with E-state index in [4.69, 9.17) is 4.43 Å². The maximum Gasteiger partial charge on any atom is 0.192 e. The van der Waals surface area contributed by atoms with Gasteiger partial charge < -0.3 is 9.53 Å². The Balaban J connectivity index is 1.73. The van der Waals surface area contributed by atoms with Gasteiger partial charge in [0.05, 0.1) is 11.6 Å². The Morgan fingerprint density at radius 2 is 2.08 bits per heavy atom. The maximum atomic E-state index is 10.6. The summed E-state index contributed by atoms with van der Waals surface area (Å²) in [7, 11) is -1.77. The molecule has 0 radical (unpaired) electrons. The van der Waals surface area contributed by atoms with Gasteiger partial charge >= 0.3 is 0 Å². The van der Waals surface area contributed by atoms with Crippen molar-refractivity contribution in [2.45, 2.75) is 64.0 Å². The van der Waals surface area contributed by atoms with E-state index in [1.165, 1.54) is 11.1 Å². The normalized spacial score (nSPS) is 26.4. The van der Waals surface area contributed by atoms with Crippen LogP contribution in [0, 0.1) is 17.2 Å². The summed E-state index contributed by atoms with van der Waals surface area (Å²) < 4.78 is 6.32. The molecule has 1 N–H and O–H groups in total. The Labute approximate surface area is 152 Å². The third kappa shape index (κ3) is 3.29. The summed E-state index contributed by atoms with van der Waals surface area (Å²) in [5.41, 5.74) is 3.20. The Morgan fingerprint density at radius 3 is 2.72 bits per heavy atom. The van der Waals surface area contributed by atoms with Crippen LogP contribution in [0.1, 0.15) is 49.9 Å². The minimum Gasteiger partial charge on any atom is -0.416 e. The lowest BCUT2D eigenvalue weighted by Gasteiger charge is -2.37. The molecule has 0 spiro atoms. The predicted octanol–water partition coefficient (Wildman–Crippen LogP) is 3.82. The van der Waals surface area contributed by atoms with Gasteiger partial charge in [0.15, 0.2) is 8.32 Å². The summed E-state index contributed by atoms with van der Waals surface area (Å²) >= 11 is 0. The molecule has 1 aromatic rings. The Bertz CT molecular complexity index is 690. The minimum absolute atomic E-state index is 0.195. The van der Waals surface area contributed by atoms with E-state index in [0.717, 1.165) is 24.9 Å². The molecule has 136 valence electrons. The van der Waals surface area contributed by atoms with Gasteiger partial charge in [-0.05, 0) is 54.1 Å². The second-order valence-corrected chi connectivity index (χ2v) is 13.8. The van der Waals surface area contributed by atoms with Crippen LogP contribution in [0.4, 0.5) is 0 Å². The van der Waals surface area contributed by atoms with Gasteiger partial charge in [0.1, 0.15) is 6.23 Å². The monoisotopic (exact) mass is 358 g/mol. The van der Waals surface area contributed by atoms with Crippen LogP contribution in [0.25, 0.3) is 0 Å². The third-order valence-corrected chi connectivity index (χ3v) is 11.0. The van der Waals surface area contributed by atoms with E-state index in [0.29, 0.717) is 12.5 Å². The van der Waals surface area contributed by atoms with Gasteiger partial charge in [0.2, 0.25) is 0 Å². The van der Waals surface area contributed by atoms with Gasteiger partial charge in [-0.25, -0.2) is 0 Å². The van der Waals surface area contributed by atoms with E-state index in [2.05, 4.69) is 50.9 Å². The zero-order valence-corrected chi connectivity index (χ0v) is 17.0. The van der Waals surface area contributed by atoms with Crippen LogP contribution in [-0.2, 0) is 10.8 Å². The second kappa shape index (κ2) is 6.51. The highest BCUT2D eigenvalue weighted by molar-refractivity contribution is 6.74. The average Bonchev–Trinajstić information content (AvgIpc) is 3.01. The Hall–Kier alpha value is -1.19. The first-order valence-electron chi connectivity index (χ1n) is 9.25. The predicted molar refractivity (Wildman–Crippen MR) is 102 cm³/mol. The number of nitriles is 1. The van der Waals surface area contributed by atoms with Crippen LogP contribution < -0.4 is 0 Å². The number of aliphatic hydroxyl groups excluding tert-OH is 1. The lowest BCUT2D eigenvalue weighted by atomic mass is 10.0. The van der Waals surface area contributed by atoms with Crippen LogP contribution >= 0.6 is 0 Å². The highest BCUT2D eigenvalue weighted by atomic mass is 28.4. The van der Waals surface area contributed by atoms with Gasteiger partial charge in [0, 0.05) is 19.2 Å². The summed E-state index contributed by atoms with van der Waals surface area (Å²) in [5, 5.41) is 20.1. The lowest BCUT2D eigenvalue weighted by molar-refractivity contribution is 0.00760. The molecule has 25 heavy (non-hydrogen) atoms. The van der Waals surface area contributed by atoms with Gasteiger partial charge in [0.25, 0.3) is 0 Å². The van der Waals surface area contributed by atoms with Crippen molar-refractivity contribution in [3.8, 4) is 6.07 Å². The zero-order chi connectivity index (χ0) is 18.4. The van der Waals surface area contributed by atoms with Gasteiger partial charge in [-0.1, -0.05) is 32.9 Å². The van der Waals surface area contributed by atoms with E-state index < -0.39 is 14.5 Å². The molecule has 1 heterocycles. The number of aliphatic hydroxyl groups is 1. The quantitative estimate of drug-likeness (QED) is 0.832. The molecule has 0 bridgehead atoms. The molecule has 0 aromatic heterocycles. The molecule has 2 aliphatic rings. The standard InChI is InChI=1S/C20H30N2O2Si/c1-20(2,3)25(4,5)24-10-9-22-18(23)12-15-11-17-14(13-21)7-6-8-16(17)19(15)22/h6-8,15,18-19,23H,9-12H2,1-5H3. The molecular weight excluding hydrogens is 328 g/mol. The summed E-state index contributed by atoms with van der Waals surface area (Å²) in [6, 6.07) is 8.54. The first-order chi connectivity index (χ1) is 11.7. The third-order valence-electron chi connectivity index (χ3n) is 6.44. The molecular formula is C20H30N2O2Si. The highest BCUT2D eigenvalue weighted by Gasteiger charge is 2.46. The van der Waals surface area contributed by atoms with Crippen LogP contribution in [-0.4, -0.2) is 37.7 Å². The van der Waals surface area contributed by atoms with E-state index >= 15 is 0 Å². The molecule has 1 aliphatic heterocycles. The number of hydrogen-bond acceptors (Lipinski definition) is 4. The number of likely N-dealkylation sites (tertiary alicyclic amines) is 1. The Kier molecular flexibility index (Phi) is 4.84. The molecule has 0 amide bonds. The summed E-state index contributed by atoms with van der Waals surface area (Å²) in [4.78, 5) is 2.19. The van der Waals surface area contributed by atoms with Crippen molar-refractivity contribution in [1.29, 1.82) is 5.26 Å². The lowest BCUT2D eigenvalue weighted by Crippen LogP contribution is -2.43. The second-order valence-electron chi connectivity index (χ2n) is 8.96. The van der Waals surface area contributed by atoms with E-state index in [-0.39, 0.29) is 11.1 Å². The fourth-order valence-electron chi connectivity index (χ4n) is 4.01. The molecule has 0 saturated carbocycles. The first kappa shape index (κ1) is 18.6. The maximum absolute atomic E-state index is 10.6. The largest absolute Gasteiger partial charge is 0.416 e. The molecule has 1 saturated heterocycles. The van der Waals surface area contributed by atoms with E-state index in [9.17, 15) is 10.4 Å². The summed E-state index contributed by atoms with van der Waals surface area (Å²) in [6.07, 6.45) is 1.28. The highest BCUT2D eigenvalue weighted by Crippen LogP contribution is 2.49. The molecule has 1 aliphatic carbocycles. The van der Waals surface area contributed by atoms with Crippen molar-refractivity contribution in [2.75, 3.05) is 13.2 Å². The van der Waals surface area contributed by atoms with Crippen molar-refractivity contribution in [3.63, 3.8) is 0 Å². The van der Waals surface area contributed by atoms with Crippen LogP contribution in [0.15, 0.2) is 18.2 Å². The van der Waals surface area contributed by atoms with Crippen LogP contribution in [0.3, 0.4) is 0 Å². The van der Waals surface area contributed by atoms with Crippen molar-refractivity contribution in [2.24, 2.45) is 5.92 Å². The van der Waals surface area contributed by atoms with Crippen molar-refractivity contribution in [3.05, 3.63) is 34.9 Å². The number of nitrogens with zero attached hydrogens (tertiary/aromatic N) is 2. The molecule has 5 heteroatoms. The van der Waals surface area contributed by atoms with Gasteiger partial charge in [-0.15, -0.1) is 0 Å². The fraction of sp³-hybridized carbons (Fsp3) is 0.650. The molecule has 3 atom stereocenters. The molecule has 3 rings (SSSR count). The van der Waals surface area contributed by atoms with Crippen molar-refractivity contribution in [1.82, 2.24) is 4.90 Å². The van der Waals surface area contributed by atoms with Crippen LogP contribution in [0.5, 0.6) is 0 Å². The Morgan fingerprint density at radius 1 is 1.36 bits per heavy atom. The van der Waals surface area contributed by atoms with Crippen molar-refractivity contribution < 1.29 is 9.53 Å². The zero-order valence-electron chi connectivity index (χ0n) is 16.0.